The molecule has 32 heavy (non-hydrogen) atoms. The fraction of sp³-hybridized carbons (Fsp3) is 0.280. The Morgan fingerprint density at radius 1 is 1.06 bits per heavy atom. The van der Waals surface area contributed by atoms with Gasteiger partial charge < -0.3 is 9.73 Å². The van der Waals surface area contributed by atoms with Crippen LogP contribution in [-0.2, 0) is 17.8 Å². The van der Waals surface area contributed by atoms with Crippen molar-refractivity contribution in [2.45, 2.75) is 45.2 Å². The molecule has 5 rings (SSSR count). The number of fused-ring (bicyclic) bond motifs is 1. The molecule has 0 bridgehead atoms. The molecule has 162 valence electrons. The van der Waals surface area contributed by atoms with Gasteiger partial charge in [0.1, 0.15) is 17.3 Å². The fourth-order valence-electron chi connectivity index (χ4n) is 4.14. The van der Waals surface area contributed by atoms with Crippen molar-refractivity contribution >= 4 is 5.91 Å². The molecular formula is C25H25N5O2. The number of benzene rings is 2. The Morgan fingerprint density at radius 3 is 2.53 bits per heavy atom. The van der Waals surface area contributed by atoms with E-state index >= 15 is 0 Å². The van der Waals surface area contributed by atoms with Gasteiger partial charge in [-0.3, -0.25) is 4.79 Å². The van der Waals surface area contributed by atoms with Gasteiger partial charge in [-0.2, -0.15) is 5.10 Å². The minimum Gasteiger partial charge on any atom is -0.440 e. The van der Waals surface area contributed by atoms with Crippen LogP contribution in [0.2, 0.25) is 0 Å². The number of nitrogens with zero attached hydrogens (tertiary/aromatic N) is 4. The van der Waals surface area contributed by atoms with Crippen molar-refractivity contribution < 1.29 is 9.21 Å². The van der Waals surface area contributed by atoms with E-state index in [-0.39, 0.29) is 11.9 Å². The number of hydrogen-bond donors (Lipinski definition) is 1. The first-order valence-electron chi connectivity index (χ1n) is 11.0. The maximum absolute atomic E-state index is 12.7. The van der Waals surface area contributed by atoms with Gasteiger partial charge in [0.2, 0.25) is 5.91 Å². The van der Waals surface area contributed by atoms with E-state index in [1.807, 2.05) is 72.3 Å². The molecule has 7 nitrogen and oxygen atoms in total. The third-order valence-electron chi connectivity index (χ3n) is 5.64. The van der Waals surface area contributed by atoms with Crippen molar-refractivity contribution in [3.05, 3.63) is 78.2 Å². The van der Waals surface area contributed by atoms with E-state index in [1.165, 1.54) is 0 Å². The topological polar surface area (TPSA) is 85.8 Å². The lowest BCUT2D eigenvalue weighted by Gasteiger charge is -2.23. The van der Waals surface area contributed by atoms with Gasteiger partial charge in [-0.1, -0.05) is 60.7 Å². The smallest absolute Gasteiger partial charge is 0.221 e. The summed E-state index contributed by atoms with van der Waals surface area (Å²) in [5, 5.41) is 7.51. The summed E-state index contributed by atoms with van der Waals surface area (Å²) >= 11 is 0. The quantitative estimate of drug-likeness (QED) is 0.490. The van der Waals surface area contributed by atoms with Crippen molar-refractivity contribution in [3.8, 4) is 22.6 Å². The SMILES string of the molecule is Cc1nc2n(n1)CCCC2NC(=O)CCc1nc(-c2ccccc2)c(-c2ccccc2)o1. The summed E-state index contributed by atoms with van der Waals surface area (Å²) < 4.78 is 8.04. The molecule has 0 saturated heterocycles. The summed E-state index contributed by atoms with van der Waals surface area (Å²) in [6.07, 6.45) is 2.57. The first-order valence-corrected chi connectivity index (χ1v) is 11.0. The van der Waals surface area contributed by atoms with Crippen molar-refractivity contribution in [2.24, 2.45) is 0 Å². The highest BCUT2D eigenvalue weighted by Gasteiger charge is 2.25. The van der Waals surface area contributed by atoms with E-state index in [1.54, 1.807) is 0 Å². The van der Waals surface area contributed by atoms with Crippen LogP contribution in [0.15, 0.2) is 65.1 Å². The molecule has 4 aromatic rings. The molecule has 1 aliphatic rings. The average molecular weight is 428 g/mol. The number of hydrogen-bond acceptors (Lipinski definition) is 5. The second-order valence-electron chi connectivity index (χ2n) is 8.02. The second-order valence-corrected chi connectivity index (χ2v) is 8.02. The maximum atomic E-state index is 12.7. The summed E-state index contributed by atoms with van der Waals surface area (Å²) in [7, 11) is 0. The summed E-state index contributed by atoms with van der Waals surface area (Å²) in [4.78, 5) is 21.9. The van der Waals surface area contributed by atoms with Crippen molar-refractivity contribution in [2.75, 3.05) is 0 Å². The van der Waals surface area contributed by atoms with E-state index in [2.05, 4.69) is 15.4 Å². The molecule has 2 aromatic heterocycles. The number of rotatable bonds is 6. The Hall–Kier alpha value is -3.74. The van der Waals surface area contributed by atoms with E-state index in [9.17, 15) is 4.79 Å². The van der Waals surface area contributed by atoms with Crippen molar-refractivity contribution in [3.63, 3.8) is 0 Å². The minimum absolute atomic E-state index is 0.0372. The van der Waals surface area contributed by atoms with Crippen LogP contribution in [0.1, 0.15) is 42.8 Å². The van der Waals surface area contributed by atoms with Crippen LogP contribution in [0.3, 0.4) is 0 Å². The molecule has 0 fully saturated rings. The third-order valence-corrected chi connectivity index (χ3v) is 5.64. The number of oxazole rings is 1. The number of aryl methyl sites for hydroxylation is 3. The van der Waals surface area contributed by atoms with E-state index in [0.717, 1.165) is 53.6 Å². The maximum Gasteiger partial charge on any atom is 0.221 e. The highest BCUT2D eigenvalue weighted by molar-refractivity contribution is 5.78. The monoisotopic (exact) mass is 427 g/mol. The summed E-state index contributed by atoms with van der Waals surface area (Å²) in [6.45, 7) is 2.73. The molecule has 1 amide bonds. The summed E-state index contributed by atoms with van der Waals surface area (Å²) in [5.41, 5.74) is 2.75. The van der Waals surface area contributed by atoms with Crippen LogP contribution < -0.4 is 5.32 Å². The van der Waals surface area contributed by atoms with Crippen LogP contribution in [0, 0.1) is 6.92 Å². The van der Waals surface area contributed by atoms with Gasteiger partial charge in [-0.15, -0.1) is 0 Å². The van der Waals surface area contributed by atoms with E-state index in [0.29, 0.717) is 18.7 Å². The van der Waals surface area contributed by atoms with Gasteiger partial charge in [0.25, 0.3) is 0 Å². The molecule has 2 aromatic carbocycles. The van der Waals surface area contributed by atoms with Crippen LogP contribution in [0.25, 0.3) is 22.6 Å². The number of carbonyl (C=O) groups excluding carboxylic acids is 1. The molecule has 1 atom stereocenters. The van der Waals surface area contributed by atoms with Gasteiger partial charge in [0, 0.05) is 30.5 Å². The fourth-order valence-corrected chi connectivity index (χ4v) is 4.14. The molecule has 1 aliphatic heterocycles. The Kier molecular flexibility index (Phi) is 5.54. The molecule has 3 heterocycles. The van der Waals surface area contributed by atoms with E-state index in [4.69, 9.17) is 9.40 Å². The predicted molar refractivity (Wildman–Crippen MR) is 121 cm³/mol. The highest BCUT2D eigenvalue weighted by atomic mass is 16.4. The second kappa shape index (κ2) is 8.78. The van der Waals surface area contributed by atoms with Gasteiger partial charge in [-0.05, 0) is 19.8 Å². The summed E-state index contributed by atoms with van der Waals surface area (Å²) in [6, 6.07) is 19.8. The zero-order valence-electron chi connectivity index (χ0n) is 18.0. The highest BCUT2D eigenvalue weighted by Crippen LogP contribution is 2.33. The van der Waals surface area contributed by atoms with Gasteiger partial charge >= 0.3 is 0 Å². The molecule has 0 saturated carbocycles. The lowest BCUT2D eigenvalue weighted by molar-refractivity contribution is -0.122. The van der Waals surface area contributed by atoms with Gasteiger partial charge in [0.15, 0.2) is 11.7 Å². The lowest BCUT2D eigenvalue weighted by atomic mass is 10.1. The molecule has 0 spiro atoms. The van der Waals surface area contributed by atoms with Crippen LogP contribution in [-0.4, -0.2) is 25.7 Å². The van der Waals surface area contributed by atoms with Crippen LogP contribution >= 0.6 is 0 Å². The van der Waals surface area contributed by atoms with Crippen molar-refractivity contribution in [1.82, 2.24) is 25.1 Å². The Labute approximate surface area is 186 Å². The van der Waals surface area contributed by atoms with Gasteiger partial charge in [-0.25, -0.2) is 14.6 Å². The lowest BCUT2D eigenvalue weighted by Crippen LogP contribution is -2.33. The number of aromatic nitrogens is 4. The average Bonchev–Trinajstić information content (AvgIpc) is 3.42. The normalized spacial score (nSPS) is 15.3. The Morgan fingerprint density at radius 2 is 1.78 bits per heavy atom. The van der Waals surface area contributed by atoms with Crippen molar-refractivity contribution in [1.29, 1.82) is 0 Å². The molecule has 1 N–H and O–H groups in total. The zero-order chi connectivity index (χ0) is 21.9. The predicted octanol–water partition coefficient (Wildman–Crippen LogP) is 4.49. The molecule has 0 radical (unpaired) electrons. The number of nitrogens with one attached hydrogen (secondary N) is 1. The third kappa shape index (κ3) is 4.19. The van der Waals surface area contributed by atoms with Crippen LogP contribution in [0.5, 0.6) is 0 Å². The molecular weight excluding hydrogens is 402 g/mol. The largest absolute Gasteiger partial charge is 0.440 e. The zero-order valence-corrected chi connectivity index (χ0v) is 18.0. The Balaban J connectivity index is 1.32. The molecule has 7 heteroatoms. The van der Waals surface area contributed by atoms with Crippen LogP contribution in [0.4, 0.5) is 0 Å². The standard InChI is InChI=1S/C25H25N5O2/c1-17-26-25-20(13-8-16-30(25)29-17)27-21(31)14-15-22-28-23(18-9-4-2-5-10-18)24(32-22)19-11-6-3-7-12-19/h2-7,9-12,20H,8,13-16H2,1H3,(H,27,31). The molecule has 0 aliphatic carbocycles. The summed E-state index contributed by atoms with van der Waals surface area (Å²) in [5.74, 6) is 2.83. The minimum atomic E-state index is -0.0956. The first-order chi connectivity index (χ1) is 15.7. The number of amides is 1. The number of carbonyl (C=O) groups is 1. The van der Waals surface area contributed by atoms with E-state index < -0.39 is 0 Å². The van der Waals surface area contributed by atoms with Gasteiger partial charge in [0.05, 0.1) is 6.04 Å². The molecule has 1 unspecified atom stereocenters. The Bertz CT molecular complexity index is 1160. The first kappa shape index (κ1) is 20.2.